The molecule has 1 unspecified atom stereocenters. The third kappa shape index (κ3) is 3.99. The first kappa shape index (κ1) is 17.4. The Hall–Kier alpha value is -2.41. The third-order valence-corrected chi connectivity index (χ3v) is 4.70. The summed E-state index contributed by atoms with van der Waals surface area (Å²) in [5.41, 5.74) is 1.17. The summed E-state index contributed by atoms with van der Waals surface area (Å²) in [5.74, 6) is 1.84. The molecule has 1 aromatic carbocycles. The van der Waals surface area contributed by atoms with Gasteiger partial charge in [0.25, 0.3) is 0 Å². The molecule has 7 heteroatoms. The molecule has 1 atom stereocenters. The van der Waals surface area contributed by atoms with Crippen LogP contribution in [0.5, 0.6) is 5.75 Å². The Morgan fingerprint density at radius 2 is 2.12 bits per heavy atom. The smallest absolute Gasteiger partial charge is 0.237 e. The van der Waals surface area contributed by atoms with Gasteiger partial charge in [-0.3, -0.25) is 9.69 Å². The Balaban J connectivity index is 1.62. The van der Waals surface area contributed by atoms with Crippen molar-refractivity contribution in [1.29, 1.82) is 0 Å². The molecule has 1 saturated heterocycles. The van der Waals surface area contributed by atoms with Crippen LogP contribution >= 0.6 is 0 Å². The van der Waals surface area contributed by atoms with E-state index in [4.69, 9.17) is 4.74 Å². The summed E-state index contributed by atoms with van der Waals surface area (Å²) in [4.78, 5) is 16.8. The van der Waals surface area contributed by atoms with Crippen molar-refractivity contribution in [3.05, 3.63) is 42.0 Å². The average molecular weight is 343 g/mol. The number of benzene rings is 1. The quantitative estimate of drug-likeness (QED) is 0.797. The zero-order valence-electron chi connectivity index (χ0n) is 15.1. The number of aryl methyl sites for hydroxylation is 1. The van der Waals surface area contributed by atoms with E-state index in [-0.39, 0.29) is 11.9 Å². The number of likely N-dealkylation sites (tertiary alicyclic amines) is 1. The maximum atomic E-state index is 12.8. The van der Waals surface area contributed by atoms with Crippen LogP contribution in [0.15, 0.2) is 30.6 Å². The summed E-state index contributed by atoms with van der Waals surface area (Å²) >= 11 is 0. The predicted octanol–water partition coefficient (Wildman–Crippen LogP) is 1.62. The third-order valence-electron chi connectivity index (χ3n) is 4.70. The summed E-state index contributed by atoms with van der Waals surface area (Å²) in [6.45, 7) is 1.79. The highest BCUT2D eigenvalue weighted by molar-refractivity contribution is 5.79. The molecule has 2 heterocycles. The van der Waals surface area contributed by atoms with E-state index in [1.54, 1.807) is 13.4 Å². The largest absolute Gasteiger partial charge is 0.497 e. The number of methoxy groups -OCH3 is 1. The lowest BCUT2D eigenvalue weighted by Gasteiger charge is -2.27. The van der Waals surface area contributed by atoms with Crippen molar-refractivity contribution in [1.82, 2.24) is 24.6 Å². The molecule has 134 valence electrons. The monoisotopic (exact) mass is 343 g/mol. The Bertz CT molecular complexity index is 713. The van der Waals surface area contributed by atoms with Crippen LogP contribution in [0.3, 0.4) is 0 Å². The predicted molar refractivity (Wildman–Crippen MR) is 94.0 cm³/mol. The number of carbonyl (C=O) groups excluding carboxylic acids is 1. The van der Waals surface area contributed by atoms with E-state index in [1.165, 1.54) is 5.56 Å². The second kappa shape index (κ2) is 7.65. The lowest BCUT2D eigenvalue weighted by molar-refractivity contribution is -0.133. The Labute approximate surface area is 148 Å². The second-order valence-electron chi connectivity index (χ2n) is 6.55. The van der Waals surface area contributed by atoms with Gasteiger partial charge in [0.05, 0.1) is 26.2 Å². The zero-order chi connectivity index (χ0) is 17.8. The highest BCUT2D eigenvalue weighted by Crippen LogP contribution is 2.32. The zero-order valence-corrected chi connectivity index (χ0v) is 15.1. The number of rotatable bonds is 6. The molecule has 25 heavy (non-hydrogen) atoms. The summed E-state index contributed by atoms with van der Waals surface area (Å²) in [5, 5.41) is 7.95. The van der Waals surface area contributed by atoms with Gasteiger partial charge in [-0.2, -0.15) is 0 Å². The standard InChI is InChI=1S/C18H25N5O2/c1-21(11-17-20-19-13-22(17)2)12-18(24)23-10-4-5-16(23)14-6-8-15(25-3)9-7-14/h6-9,13,16H,4-5,10-12H2,1-3H3. The molecule has 0 bridgehead atoms. The van der Waals surface area contributed by atoms with Gasteiger partial charge in [-0.05, 0) is 37.6 Å². The minimum atomic E-state index is 0.154. The lowest BCUT2D eigenvalue weighted by atomic mass is 10.0. The van der Waals surface area contributed by atoms with E-state index in [0.29, 0.717) is 13.1 Å². The molecule has 0 spiro atoms. The Morgan fingerprint density at radius 1 is 1.36 bits per heavy atom. The van der Waals surface area contributed by atoms with E-state index in [9.17, 15) is 4.79 Å². The maximum Gasteiger partial charge on any atom is 0.237 e. The van der Waals surface area contributed by atoms with Crippen LogP contribution < -0.4 is 4.74 Å². The first-order valence-electron chi connectivity index (χ1n) is 8.53. The molecule has 1 aliphatic rings. The van der Waals surface area contributed by atoms with Crippen molar-refractivity contribution in [3.63, 3.8) is 0 Å². The number of likely N-dealkylation sites (N-methyl/N-ethyl adjacent to an activating group) is 1. The van der Waals surface area contributed by atoms with Gasteiger partial charge < -0.3 is 14.2 Å². The summed E-state index contributed by atoms with van der Waals surface area (Å²) in [6, 6.07) is 8.17. The maximum absolute atomic E-state index is 12.8. The molecular formula is C18H25N5O2. The van der Waals surface area contributed by atoms with Crippen LogP contribution in [0.1, 0.15) is 30.3 Å². The van der Waals surface area contributed by atoms with Gasteiger partial charge in [0.15, 0.2) is 0 Å². The molecule has 1 aromatic heterocycles. The second-order valence-corrected chi connectivity index (χ2v) is 6.55. The highest BCUT2D eigenvalue weighted by Gasteiger charge is 2.30. The van der Waals surface area contributed by atoms with E-state index in [2.05, 4.69) is 22.3 Å². The molecule has 0 aliphatic carbocycles. The first-order chi connectivity index (χ1) is 12.1. The topological polar surface area (TPSA) is 63.5 Å². The summed E-state index contributed by atoms with van der Waals surface area (Å²) in [7, 11) is 5.50. The molecule has 1 fully saturated rings. The number of carbonyl (C=O) groups is 1. The van der Waals surface area contributed by atoms with E-state index >= 15 is 0 Å². The fourth-order valence-electron chi connectivity index (χ4n) is 3.31. The van der Waals surface area contributed by atoms with Crippen LogP contribution in [-0.2, 0) is 18.4 Å². The van der Waals surface area contributed by atoms with E-state index in [1.807, 2.05) is 40.6 Å². The van der Waals surface area contributed by atoms with Crippen LogP contribution in [0.25, 0.3) is 0 Å². The van der Waals surface area contributed by atoms with Gasteiger partial charge in [-0.25, -0.2) is 0 Å². The van der Waals surface area contributed by atoms with Crippen molar-refractivity contribution in [2.24, 2.45) is 7.05 Å². The fourth-order valence-corrected chi connectivity index (χ4v) is 3.31. The summed E-state index contributed by atoms with van der Waals surface area (Å²) in [6.07, 6.45) is 3.71. The molecule has 1 aliphatic heterocycles. The van der Waals surface area contributed by atoms with Gasteiger partial charge in [0, 0.05) is 13.6 Å². The number of nitrogens with zero attached hydrogens (tertiary/aromatic N) is 5. The molecule has 0 radical (unpaired) electrons. The first-order valence-corrected chi connectivity index (χ1v) is 8.53. The van der Waals surface area contributed by atoms with Gasteiger partial charge in [0.1, 0.15) is 17.9 Å². The van der Waals surface area contributed by atoms with Crippen LogP contribution in [0.2, 0.25) is 0 Å². The van der Waals surface area contributed by atoms with Gasteiger partial charge in [0.2, 0.25) is 5.91 Å². The number of amides is 1. The van der Waals surface area contributed by atoms with Crippen molar-refractivity contribution in [2.75, 3.05) is 27.2 Å². The molecule has 7 nitrogen and oxygen atoms in total. The fraction of sp³-hybridized carbons (Fsp3) is 0.500. The van der Waals surface area contributed by atoms with Crippen LogP contribution in [0.4, 0.5) is 0 Å². The van der Waals surface area contributed by atoms with Crippen molar-refractivity contribution in [3.8, 4) is 5.75 Å². The molecule has 2 aromatic rings. The van der Waals surface area contributed by atoms with Crippen molar-refractivity contribution in [2.45, 2.75) is 25.4 Å². The van der Waals surface area contributed by atoms with Gasteiger partial charge in [-0.1, -0.05) is 12.1 Å². The van der Waals surface area contributed by atoms with Crippen molar-refractivity contribution >= 4 is 5.91 Å². The Morgan fingerprint density at radius 3 is 2.76 bits per heavy atom. The number of aromatic nitrogens is 3. The van der Waals surface area contributed by atoms with E-state index in [0.717, 1.165) is 31.0 Å². The molecule has 0 saturated carbocycles. The normalized spacial score (nSPS) is 17.3. The SMILES string of the molecule is COc1ccc(C2CCCN2C(=O)CN(C)Cc2nncn2C)cc1. The van der Waals surface area contributed by atoms with Crippen molar-refractivity contribution < 1.29 is 9.53 Å². The minimum absolute atomic E-state index is 0.154. The van der Waals surface area contributed by atoms with Crippen LogP contribution in [-0.4, -0.2) is 57.7 Å². The lowest BCUT2D eigenvalue weighted by Crippen LogP contribution is -2.38. The highest BCUT2D eigenvalue weighted by atomic mass is 16.5. The molecule has 1 amide bonds. The molecule has 3 rings (SSSR count). The average Bonchev–Trinajstić information content (AvgIpc) is 3.24. The molecule has 0 N–H and O–H groups in total. The number of hydrogen-bond acceptors (Lipinski definition) is 5. The Kier molecular flexibility index (Phi) is 5.33. The van der Waals surface area contributed by atoms with Gasteiger partial charge in [-0.15, -0.1) is 10.2 Å². The molecular weight excluding hydrogens is 318 g/mol. The minimum Gasteiger partial charge on any atom is -0.497 e. The van der Waals surface area contributed by atoms with E-state index < -0.39 is 0 Å². The summed E-state index contributed by atoms with van der Waals surface area (Å²) < 4.78 is 7.09. The number of hydrogen-bond donors (Lipinski definition) is 0. The van der Waals surface area contributed by atoms with Crippen LogP contribution in [0, 0.1) is 0 Å². The number of ether oxygens (including phenoxy) is 1. The van der Waals surface area contributed by atoms with Gasteiger partial charge >= 0.3 is 0 Å².